The van der Waals surface area contributed by atoms with Crippen LogP contribution in [0, 0.1) is 0 Å². The quantitative estimate of drug-likeness (QED) is 0.923. The number of ether oxygens (including phenoxy) is 1. The van der Waals surface area contributed by atoms with Crippen LogP contribution in [0.25, 0.3) is 0 Å². The molecular formula is C15H19NO4S. The molecule has 1 N–H and O–H groups in total. The lowest BCUT2D eigenvalue weighted by molar-refractivity contribution is -0.141. The standard InChI is InChI=1S/C15H19NO4S/c1-10(2)20-12-5-3-4-11(8-12)14(17)16-6-7-21-9-13(16)15(18)19/h3-5,8,10,13H,6-7,9H2,1-2H3,(H,18,19). The van der Waals surface area contributed by atoms with Gasteiger partial charge in [0.15, 0.2) is 0 Å². The van der Waals surface area contributed by atoms with Crippen LogP contribution in [0.2, 0.25) is 0 Å². The Hall–Kier alpha value is -1.69. The monoisotopic (exact) mass is 309 g/mol. The Morgan fingerprint density at radius 3 is 2.86 bits per heavy atom. The molecule has 1 atom stereocenters. The molecule has 1 amide bonds. The van der Waals surface area contributed by atoms with Crippen molar-refractivity contribution in [3.8, 4) is 5.75 Å². The number of rotatable bonds is 4. The lowest BCUT2D eigenvalue weighted by Crippen LogP contribution is -2.50. The molecule has 1 aliphatic heterocycles. The highest BCUT2D eigenvalue weighted by atomic mass is 32.2. The largest absolute Gasteiger partial charge is 0.491 e. The van der Waals surface area contributed by atoms with E-state index in [0.29, 0.717) is 23.6 Å². The zero-order valence-electron chi connectivity index (χ0n) is 12.1. The molecule has 0 aromatic heterocycles. The number of hydrogen-bond acceptors (Lipinski definition) is 4. The second-order valence-corrected chi connectivity index (χ2v) is 6.27. The van der Waals surface area contributed by atoms with Crippen molar-refractivity contribution in [3.05, 3.63) is 29.8 Å². The number of carboxylic acids is 1. The molecule has 1 aliphatic rings. The molecule has 21 heavy (non-hydrogen) atoms. The molecule has 0 spiro atoms. The van der Waals surface area contributed by atoms with Crippen molar-refractivity contribution in [2.24, 2.45) is 0 Å². The Morgan fingerprint density at radius 2 is 2.19 bits per heavy atom. The SMILES string of the molecule is CC(C)Oc1cccc(C(=O)N2CCSCC2C(=O)O)c1. The summed E-state index contributed by atoms with van der Waals surface area (Å²) in [5, 5.41) is 9.25. The summed E-state index contributed by atoms with van der Waals surface area (Å²) >= 11 is 1.56. The summed E-state index contributed by atoms with van der Waals surface area (Å²) in [6, 6.07) is 6.14. The highest BCUT2D eigenvalue weighted by molar-refractivity contribution is 7.99. The number of carboxylic acid groups (broad SMARTS) is 1. The average molecular weight is 309 g/mol. The van der Waals surface area contributed by atoms with Gasteiger partial charge in [0.1, 0.15) is 11.8 Å². The van der Waals surface area contributed by atoms with Gasteiger partial charge in [0.05, 0.1) is 6.10 Å². The van der Waals surface area contributed by atoms with Gasteiger partial charge in [0.2, 0.25) is 0 Å². The van der Waals surface area contributed by atoms with Gasteiger partial charge < -0.3 is 14.7 Å². The predicted molar refractivity (Wildman–Crippen MR) is 82.0 cm³/mol. The summed E-state index contributed by atoms with van der Waals surface area (Å²) in [6.07, 6.45) is 0.0218. The van der Waals surface area contributed by atoms with Crippen LogP contribution >= 0.6 is 11.8 Å². The molecule has 1 heterocycles. The van der Waals surface area contributed by atoms with E-state index in [9.17, 15) is 14.7 Å². The van der Waals surface area contributed by atoms with Crippen LogP contribution in [0.5, 0.6) is 5.75 Å². The third kappa shape index (κ3) is 3.91. The van der Waals surface area contributed by atoms with Gasteiger partial charge in [-0.15, -0.1) is 0 Å². The zero-order chi connectivity index (χ0) is 15.4. The fourth-order valence-electron chi connectivity index (χ4n) is 2.19. The first-order valence-corrected chi connectivity index (χ1v) is 8.02. The summed E-state index contributed by atoms with van der Waals surface area (Å²) in [6.45, 7) is 4.28. The van der Waals surface area contributed by atoms with Gasteiger partial charge in [-0.05, 0) is 32.0 Å². The predicted octanol–water partition coefficient (Wildman–Crippen LogP) is 2.12. The Bertz CT molecular complexity index is 532. The Labute approximate surface area is 128 Å². The molecule has 0 saturated carbocycles. The molecule has 114 valence electrons. The van der Waals surface area contributed by atoms with Crippen LogP contribution in [0.4, 0.5) is 0 Å². The van der Waals surface area contributed by atoms with E-state index < -0.39 is 12.0 Å². The molecular weight excluding hydrogens is 290 g/mol. The van der Waals surface area contributed by atoms with E-state index in [0.717, 1.165) is 5.75 Å². The van der Waals surface area contributed by atoms with Gasteiger partial charge >= 0.3 is 5.97 Å². The van der Waals surface area contributed by atoms with Gasteiger partial charge in [-0.1, -0.05) is 6.07 Å². The number of hydrogen-bond donors (Lipinski definition) is 1. The molecule has 1 aromatic rings. The van der Waals surface area contributed by atoms with E-state index in [1.165, 1.54) is 4.90 Å². The maximum Gasteiger partial charge on any atom is 0.327 e. The molecule has 5 nitrogen and oxygen atoms in total. The average Bonchev–Trinajstić information content (AvgIpc) is 2.46. The molecule has 1 aromatic carbocycles. The van der Waals surface area contributed by atoms with E-state index >= 15 is 0 Å². The van der Waals surface area contributed by atoms with E-state index in [-0.39, 0.29) is 12.0 Å². The van der Waals surface area contributed by atoms with Crippen molar-refractivity contribution < 1.29 is 19.4 Å². The second-order valence-electron chi connectivity index (χ2n) is 5.12. The molecule has 1 unspecified atom stereocenters. The first kappa shape index (κ1) is 15.7. The molecule has 6 heteroatoms. The summed E-state index contributed by atoms with van der Waals surface area (Å²) in [4.78, 5) is 25.3. The van der Waals surface area contributed by atoms with Crippen molar-refractivity contribution in [1.29, 1.82) is 0 Å². The molecule has 2 rings (SSSR count). The first-order valence-electron chi connectivity index (χ1n) is 6.87. The van der Waals surface area contributed by atoms with Crippen molar-refractivity contribution in [3.63, 3.8) is 0 Å². The van der Waals surface area contributed by atoms with E-state index in [4.69, 9.17) is 4.74 Å². The maximum atomic E-state index is 12.6. The van der Waals surface area contributed by atoms with Crippen molar-refractivity contribution >= 4 is 23.6 Å². The summed E-state index contributed by atoms with van der Waals surface area (Å²) in [7, 11) is 0. The lowest BCUT2D eigenvalue weighted by Gasteiger charge is -2.32. The van der Waals surface area contributed by atoms with E-state index in [1.54, 1.807) is 36.0 Å². The highest BCUT2D eigenvalue weighted by Gasteiger charge is 2.32. The number of amides is 1. The summed E-state index contributed by atoms with van der Waals surface area (Å²) < 4.78 is 5.58. The minimum atomic E-state index is -0.954. The normalized spacial score (nSPS) is 18.6. The number of aliphatic carboxylic acids is 1. The third-order valence-electron chi connectivity index (χ3n) is 3.13. The van der Waals surface area contributed by atoms with Crippen LogP contribution in [0.3, 0.4) is 0 Å². The topological polar surface area (TPSA) is 66.8 Å². The van der Waals surface area contributed by atoms with Crippen molar-refractivity contribution in [2.45, 2.75) is 26.0 Å². The Balaban J connectivity index is 2.20. The molecule has 0 radical (unpaired) electrons. The summed E-state index contributed by atoms with van der Waals surface area (Å²) in [5.41, 5.74) is 0.464. The maximum absolute atomic E-state index is 12.6. The van der Waals surface area contributed by atoms with Crippen LogP contribution in [-0.2, 0) is 4.79 Å². The fraction of sp³-hybridized carbons (Fsp3) is 0.467. The van der Waals surface area contributed by atoms with Gasteiger partial charge in [-0.25, -0.2) is 4.79 Å². The van der Waals surface area contributed by atoms with Crippen LogP contribution in [-0.4, -0.2) is 52.1 Å². The van der Waals surface area contributed by atoms with Crippen molar-refractivity contribution in [1.82, 2.24) is 4.90 Å². The second kappa shape index (κ2) is 6.85. The van der Waals surface area contributed by atoms with E-state index in [1.807, 2.05) is 13.8 Å². The molecule has 1 saturated heterocycles. The smallest absolute Gasteiger partial charge is 0.327 e. The first-order chi connectivity index (χ1) is 9.99. The molecule has 0 aliphatic carbocycles. The van der Waals surface area contributed by atoms with Crippen LogP contribution in [0.1, 0.15) is 24.2 Å². The number of nitrogens with zero attached hydrogens (tertiary/aromatic N) is 1. The van der Waals surface area contributed by atoms with Gasteiger partial charge in [-0.3, -0.25) is 4.79 Å². The summed E-state index contributed by atoms with van der Waals surface area (Å²) in [5.74, 6) is 0.609. The van der Waals surface area contributed by atoms with Gasteiger partial charge in [0, 0.05) is 23.6 Å². The number of carbonyl (C=O) groups excluding carboxylic acids is 1. The Morgan fingerprint density at radius 1 is 1.43 bits per heavy atom. The zero-order valence-corrected chi connectivity index (χ0v) is 12.9. The lowest BCUT2D eigenvalue weighted by atomic mass is 10.1. The minimum absolute atomic E-state index is 0.0218. The number of benzene rings is 1. The molecule has 1 fully saturated rings. The third-order valence-corrected chi connectivity index (χ3v) is 4.15. The Kier molecular flexibility index (Phi) is 5.12. The van der Waals surface area contributed by atoms with E-state index in [2.05, 4.69) is 0 Å². The minimum Gasteiger partial charge on any atom is -0.491 e. The number of carbonyl (C=O) groups is 2. The van der Waals surface area contributed by atoms with Gasteiger partial charge in [-0.2, -0.15) is 11.8 Å². The highest BCUT2D eigenvalue weighted by Crippen LogP contribution is 2.21. The number of thioether (sulfide) groups is 1. The van der Waals surface area contributed by atoms with Crippen LogP contribution < -0.4 is 4.74 Å². The van der Waals surface area contributed by atoms with Crippen LogP contribution in [0.15, 0.2) is 24.3 Å². The fourth-order valence-corrected chi connectivity index (χ4v) is 3.23. The van der Waals surface area contributed by atoms with Crippen molar-refractivity contribution in [2.75, 3.05) is 18.1 Å². The molecule has 0 bridgehead atoms. The van der Waals surface area contributed by atoms with Gasteiger partial charge in [0.25, 0.3) is 5.91 Å².